The van der Waals surface area contributed by atoms with E-state index in [2.05, 4.69) is 23.6 Å². The van der Waals surface area contributed by atoms with Gasteiger partial charge in [0.25, 0.3) is 0 Å². The number of benzene rings is 2. The van der Waals surface area contributed by atoms with Crippen molar-refractivity contribution in [2.24, 2.45) is 0 Å². The molecule has 0 saturated heterocycles. The first-order chi connectivity index (χ1) is 10.3. The second-order valence-corrected chi connectivity index (χ2v) is 6.92. The molecule has 108 valence electrons. The Morgan fingerprint density at radius 1 is 1.00 bits per heavy atom. The molecule has 2 nitrogen and oxygen atoms in total. The first-order valence-electron chi connectivity index (χ1n) is 6.76. The van der Waals surface area contributed by atoms with E-state index in [4.69, 9.17) is 0 Å². The van der Waals surface area contributed by atoms with E-state index in [0.717, 1.165) is 10.5 Å². The van der Waals surface area contributed by atoms with Crippen molar-refractivity contribution in [2.45, 2.75) is 16.2 Å². The molecule has 0 unspecified atom stereocenters. The minimum Gasteiger partial charge on any atom is -0.394 e. The molecule has 3 rings (SSSR count). The quantitative estimate of drug-likeness (QED) is 0.697. The van der Waals surface area contributed by atoms with Crippen LogP contribution in [-0.4, -0.2) is 22.9 Å². The van der Waals surface area contributed by atoms with Crippen molar-refractivity contribution >= 4 is 33.2 Å². The van der Waals surface area contributed by atoms with Crippen molar-refractivity contribution < 1.29 is 10.2 Å². The second kappa shape index (κ2) is 6.62. The third-order valence-electron chi connectivity index (χ3n) is 3.37. The lowest BCUT2D eigenvalue weighted by Crippen LogP contribution is -2.20. The Kier molecular flexibility index (Phi) is 4.60. The zero-order valence-electron chi connectivity index (χ0n) is 11.3. The third-order valence-corrected chi connectivity index (χ3v) is 5.71. The number of thiophene rings is 1. The highest BCUT2D eigenvalue weighted by Crippen LogP contribution is 2.41. The van der Waals surface area contributed by atoms with Crippen molar-refractivity contribution in [3.05, 3.63) is 65.5 Å². The molecule has 2 aromatic carbocycles. The summed E-state index contributed by atoms with van der Waals surface area (Å²) in [4.78, 5) is 1.13. The molecule has 21 heavy (non-hydrogen) atoms. The zero-order valence-corrected chi connectivity index (χ0v) is 13.0. The molecule has 2 N–H and O–H groups in total. The fourth-order valence-corrected chi connectivity index (χ4v) is 4.46. The van der Waals surface area contributed by atoms with Gasteiger partial charge in [-0.3, -0.25) is 0 Å². The van der Waals surface area contributed by atoms with Gasteiger partial charge >= 0.3 is 0 Å². The summed E-state index contributed by atoms with van der Waals surface area (Å²) in [6.07, 6.45) is -0.786. The molecule has 4 heteroatoms. The third kappa shape index (κ3) is 3.14. The Balaban J connectivity index is 1.97. The van der Waals surface area contributed by atoms with Crippen LogP contribution in [-0.2, 0) is 0 Å². The van der Waals surface area contributed by atoms with Gasteiger partial charge in [-0.25, -0.2) is 0 Å². The lowest BCUT2D eigenvalue weighted by Gasteiger charge is -2.21. The molecule has 0 fully saturated rings. The summed E-state index contributed by atoms with van der Waals surface area (Å²) in [6.45, 7) is -0.244. The molecule has 0 spiro atoms. The Morgan fingerprint density at radius 2 is 1.81 bits per heavy atom. The van der Waals surface area contributed by atoms with Gasteiger partial charge in [0.15, 0.2) is 0 Å². The summed E-state index contributed by atoms with van der Waals surface area (Å²) in [5, 5.41) is 22.6. The number of aliphatic hydroxyl groups is 2. The molecule has 0 radical (unpaired) electrons. The van der Waals surface area contributed by atoms with Crippen LogP contribution in [0.2, 0.25) is 0 Å². The highest BCUT2D eigenvalue weighted by Gasteiger charge is 2.22. The van der Waals surface area contributed by atoms with Crippen LogP contribution >= 0.6 is 23.1 Å². The Hall–Kier alpha value is -1.33. The summed E-state index contributed by atoms with van der Waals surface area (Å²) in [5.41, 5.74) is 1.02. The molecule has 0 saturated carbocycles. The van der Waals surface area contributed by atoms with E-state index in [9.17, 15) is 10.2 Å². The molecule has 0 amide bonds. The fourth-order valence-electron chi connectivity index (χ4n) is 2.31. The molecule has 0 aliphatic carbocycles. The Labute approximate surface area is 132 Å². The molecule has 3 aromatic rings. The van der Waals surface area contributed by atoms with E-state index in [0.29, 0.717) is 0 Å². The van der Waals surface area contributed by atoms with Gasteiger partial charge in [-0.1, -0.05) is 36.4 Å². The average molecular weight is 316 g/mol. The van der Waals surface area contributed by atoms with Crippen LogP contribution in [0.4, 0.5) is 0 Å². The maximum Gasteiger partial charge on any atom is 0.0933 e. The first-order valence-corrected chi connectivity index (χ1v) is 8.52. The number of hydrogen-bond acceptors (Lipinski definition) is 4. The van der Waals surface area contributed by atoms with Crippen molar-refractivity contribution in [2.75, 3.05) is 6.61 Å². The molecule has 0 bridgehead atoms. The summed E-state index contributed by atoms with van der Waals surface area (Å²) >= 11 is 3.32. The molecular formula is C17H16O2S2. The van der Waals surface area contributed by atoms with Crippen molar-refractivity contribution in [1.82, 2.24) is 0 Å². The zero-order chi connectivity index (χ0) is 14.7. The molecule has 2 atom stereocenters. The van der Waals surface area contributed by atoms with Gasteiger partial charge in [0.2, 0.25) is 0 Å². The van der Waals surface area contributed by atoms with Gasteiger partial charge in [0.05, 0.1) is 18.0 Å². The van der Waals surface area contributed by atoms with Gasteiger partial charge in [-0.05, 0) is 29.1 Å². The molecule has 0 aliphatic rings. The smallest absolute Gasteiger partial charge is 0.0933 e. The molecule has 1 heterocycles. The van der Waals surface area contributed by atoms with Crippen LogP contribution in [0.5, 0.6) is 0 Å². The van der Waals surface area contributed by atoms with E-state index in [1.807, 2.05) is 36.4 Å². The Morgan fingerprint density at radius 3 is 2.57 bits per heavy atom. The molecule has 1 aromatic heterocycles. The monoisotopic (exact) mass is 316 g/mol. The number of thioether (sulfide) groups is 1. The van der Waals surface area contributed by atoms with Crippen molar-refractivity contribution in [1.29, 1.82) is 0 Å². The van der Waals surface area contributed by atoms with Gasteiger partial charge in [-0.15, -0.1) is 23.1 Å². The minimum atomic E-state index is -0.786. The average Bonchev–Trinajstić information content (AvgIpc) is 3.02. The van der Waals surface area contributed by atoms with Crippen LogP contribution < -0.4 is 0 Å². The van der Waals surface area contributed by atoms with E-state index >= 15 is 0 Å². The summed E-state index contributed by atoms with van der Waals surface area (Å²) in [6, 6.07) is 18.2. The highest BCUT2D eigenvalue weighted by molar-refractivity contribution is 7.99. The Bertz CT molecular complexity index is 709. The van der Waals surface area contributed by atoms with E-state index in [1.54, 1.807) is 23.1 Å². The fraction of sp³-hybridized carbons (Fsp3) is 0.176. The number of fused-ring (bicyclic) bond motifs is 1. The van der Waals surface area contributed by atoms with Crippen LogP contribution in [0, 0.1) is 0 Å². The number of hydrogen-bond donors (Lipinski definition) is 2. The van der Waals surface area contributed by atoms with Gasteiger partial charge in [0.1, 0.15) is 0 Å². The second-order valence-electron chi connectivity index (χ2n) is 4.79. The van der Waals surface area contributed by atoms with Gasteiger partial charge in [0, 0.05) is 15.0 Å². The van der Waals surface area contributed by atoms with E-state index in [-0.39, 0.29) is 11.9 Å². The molecular weight excluding hydrogens is 300 g/mol. The van der Waals surface area contributed by atoms with Crippen LogP contribution in [0.15, 0.2) is 64.9 Å². The van der Waals surface area contributed by atoms with Crippen LogP contribution in [0.3, 0.4) is 0 Å². The van der Waals surface area contributed by atoms with Gasteiger partial charge in [-0.2, -0.15) is 0 Å². The SMILES string of the molecule is OC[C@@H](O)[C@@H](Sc1cccc2sccc12)c1ccccc1. The molecule has 0 aliphatic heterocycles. The highest BCUT2D eigenvalue weighted by atomic mass is 32.2. The number of rotatable bonds is 5. The summed E-state index contributed by atoms with van der Waals surface area (Å²) in [7, 11) is 0. The largest absolute Gasteiger partial charge is 0.394 e. The van der Waals surface area contributed by atoms with Crippen molar-refractivity contribution in [3.8, 4) is 0 Å². The van der Waals surface area contributed by atoms with E-state index in [1.165, 1.54) is 10.1 Å². The lowest BCUT2D eigenvalue weighted by atomic mass is 10.1. The van der Waals surface area contributed by atoms with Crippen molar-refractivity contribution in [3.63, 3.8) is 0 Å². The van der Waals surface area contributed by atoms with Crippen LogP contribution in [0.1, 0.15) is 10.8 Å². The van der Waals surface area contributed by atoms with E-state index < -0.39 is 6.10 Å². The standard InChI is InChI=1S/C17H16O2S2/c18-11-14(19)17(12-5-2-1-3-6-12)21-16-8-4-7-15-13(16)9-10-20-15/h1-10,14,17-19H,11H2/t14-,17+/m1/s1. The topological polar surface area (TPSA) is 40.5 Å². The van der Waals surface area contributed by atoms with Crippen LogP contribution in [0.25, 0.3) is 10.1 Å². The summed E-state index contributed by atoms with van der Waals surface area (Å²) in [5.74, 6) is 0. The maximum absolute atomic E-state index is 10.2. The maximum atomic E-state index is 10.2. The minimum absolute atomic E-state index is 0.179. The van der Waals surface area contributed by atoms with Gasteiger partial charge < -0.3 is 10.2 Å². The number of aliphatic hydroxyl groups excluding tert-OH is 2. The first kappa shape index (κ1) is 14.6. The lowest BCUT2D eigenvalue weighted by molar-refractivity contribution is 0.0931. The summed E-state index contributed by atoms with van der Waals surface area (Å²) < 4.78 is 1.24. The predicted molar refractivity (Wildman–Crippen MR) is 90.0 cm³/mol. The predicted octanol–water partition coefficient (Wildman–Crippen LogP) is 4.09. The normalized spacial score (nSPS) is 14.2.